The van der Waals surface area contributed by atoms with Crippen LogP contribution in [0.1, 0.15) is 11.1 Å². The second kappa shape index (κ2) is 6.25. The molecule has 4 heteroatoms. The van der Waals surface area contributed by atoms with E-state index in [1.165, 1.54) is 0 Å². The first-order chi connectivity index (χ1) is 9.16. The van der Waals surface area contributed by atoms with Crippen molar-refractivity contribution in [1.29, 1.82) is 0 Å². The van der Waals surface area contributed by atoms with Crippen molar-refractivity contribution in [2.75, 3.05) is 5.73 Å². The molecule has 2 N–H and O–H groups in total. The summed E-state index contributed by atoms with van der Waals surface area (Å²) in [5.41, 5.74) is 7.93. The first kappa shape index (κ1) is 13.4. The standard InChI is InChI=1S/C15H14ClNO2/c16-13-7-3-1-6-12(13)10-19-15(18)9-11-5-2-4-8-14(11)17/h1-8H,9-10,17H2. The lowest BCUT2D eigenvalue weighted by atomic mass is 10.1. The third kappa shape index (κ3) is 3.73. The fourth-order valence-electron chi connectivity index (χ4n) is 1.68. The maximum absolute atomic E-state index is 11.7. The van der Waals surface area contributed by atoms with E-state index < -0.39 is 0 Å². The van der Waals surface area contributed by atoms with Gasteiger partial charge in [0, 0.05) is 16.3 Å². The zero-order chi connectivity index (χ0) is 13.7. The second-order valence-corrected chi connectivity index (χ2v) is 4.53. The fourth-order valence-corrected chi connectivity index (χ4v) is 1.87. The van der Waals surface area contributed by atoms with Gasteiger partial charge in [0.25, 0.3) is 0 Å². The Bertz CT molecular complexity index is 584. The lowest BCUT2D eigenvalue weighted by molar-refractivity contribution is -0.144. The van der Waals surface area contributed by atoms with Crippen molar-refractivity contribution in [3.63, 3.8) is 0 Å². The molecule has 0 fully saturated rings. The van der Waals surface area contributed by atoms with Crippen molar-refractivity contribution in [3.05, 3.63) is 64.7 Å². The molecule has 0 bridgehead atoms. The van der Waals surface area contributed by atoms with Crippen molar-refractivity contribution in [2.24, 2.45) is 0 Å². The topological polar surface area (TPSA) is 52.3 Å². The molecule has 0 amide bonds. The number of anilines is 1. The number of hydrogen-bond acceptors (Lipinski definition) is 3. The molecule has 0 saturated heterocycles. The summed E-state index contributed by atoms with van der Waals surface area (Å²) in [4.78, 5) is 11.7. The summed E-state index contributed by atoms with van der Waals surface area (Å²) in [6, 6.07) is 14.5. The Labute approximate surface area is 117 Å². The second-order valence-electron chi connectivity index (χ2n) is 4.13. The molecule has 2 rings (SSSR count). The highest BCUT2D eigenvalue weighted by atomic mass is 35.5. The number of halogens is 1. The molecule has 0 aliphatic heterocycles. The van der Waals surface area contributed by atoms with E-state index in [-0.39, 0.29) is 19.0 Å². The first-order valence-corrected chi connectivity index (χ1v) is 6.27. The average molecular weight is 276 g/mol. The highest BCUT2D eigenvalue weighted by Crippen LogP contribution is 2.17. The molecule has 0 unspecified atom stereocenters. The molecule has 98 valence electrons. The van der Waals surface area contributed by atoms with Gasteiger partial charge >= 0.3 is 5.97 Å². The fraction of sp³-hybridized carbons (Fsp3) is 0.133. The van der Waals surface area contributed by atoms with Gasteiger partial charge in [-0.3, -0.25) is 4.79 Å². The maximum Gasteiger partial charge on any atom is 0.310 e. The molecule has 0 saturated carbocycles. The molecule has 0 aromatic heterocycles. The highest BCUT2D eigenvalue weighted by molar-refractivity contribution is 6.31. The molecule has 0 atom stereocenters. The molecule has 0 aliphatic carbocycles. The van der Waals surface area contributed by atoms with Crippen LogP contribution in [0.4, 0.5) is 5.69 Å². The predicted octanol–water partition coefficient (Wildman–Crippen LogP) is 3.21. The number of esters is 1. The summed E-state index contributed by atoms with van der Waals surface area (Å²) in [6.45, 7) is 0.172. The molecule has 0 spiro atoms. The zero-order valence-corrected chi connectivity index (χ0v) is 11.1. The Morgan fingerprint density at radius 1 is 1.05 bits per heavy atom. The first-order valence-electron chi connectivity index (χ1n) is 5.89. The normalized spacial score (nSPS) is 10.2. The van der Waals surface area contributed by atoms with Crippen LogP contribution in [0.2, 0.25) is 5.02 Å². The van der Waals surface area contributed by atoms with Gasteiger partial charge in [0.05, 0.1) is 6.42 Å². The van der Waals surface area contributed by atoms with E-state index in [1.807, 2.05) is 36.4 Å². The van der Waals surface area contributed by atoms with Crippen molar-refractivity contribution in [3.8, 4) is 0 Å². The van der Waals surface area contributed by atoms with Gasteiger partial charge in [0.15, 0.2) is 0 Å². The van der Waals surface area contributed by atoms with Gasteiger partial charge in [-0.15, -0.1) is 0 Å². The van der Waals surface area contributed by atoms with Crippen LogP contribution in [0.25, 0.3) is 0 Å². The Balaban J connectivity index is 1.92. The van der Waals surface area contributed by atoms with E-state index in [0.29, 0.717) is 10.7 Å². The molecule has 0 aliphatic rings. The number of hydrogen-bond donors (Lipinski definition) is 1. The van der Waals surface area contributed by atoms with Crippen molar-refractivity contribution < 1.29 is 9.53 Å². The van der Waals surface area contributed by atoms with Gasteiger partial charge in [-0.1, -0.05) is 48.0 Å². The molecular weight excluding hydrogens is 262 g/mol. The van der Waals surface area contributed by atoms with Crippen molar-refractivity contribution in [1.82, 2.24) is 0 Å². The van der Waals surface area contributed by atoms with Gasteiger partial charge in [-0.05, 0) is 17.7 Å². The van der Waals surface area contributed by atoms with Crippen LogP contribution in [0.15, 0.2) is 48.5 Å². The molecule has 3 nitrogen and oxygen atoms in total. The van der Waals surface area contributed by atoms with Crippen molar-refractivity contribution in [2.45, 2.75) is 13.0 Å². The smallest absolute Gasteiger partial charge is 0.310 e. The van der Waals surface area contributed by atoms with Crippen LogP contribution < -0.4 is 5.73 Å². The van der Waals surface area contributed by atoms with Gasteiger partial charge in [0.2, 0.25) is 0 Å². The lowest BCUT2D eigenvalue weighted by Crippen LogP contribution is -2.09. The largest absolute Gasteiger partial charge is 0.460 e. The lowest BCUT2D eigenvalue weighted by Gasteiger charge is -2.07. The highest BCUT2D eigenvalue weighted by Gasteiger charge is 2.08. The quantitative estimate of drug-likeness (QED) is 0.689. The average Bonchev–Trinajstić information content (AvgIpc) is 2.40. The minimum atomic E-state index is -0.321. The van der Waals surface area contributed by atoms with Crippen LogP contribution in [0.3, 0.4) is 0 Å². The summed E-state index contributed by atoms with van der Waals surface area (Å²) in [5, 5.41) is 0.592. The van der Waals surface area contributed by atoms with E-state index in [1.54, 1.807) is 12.1 Å². The monoisotopic (exact) mass is 275 g/mol. The number of nitrogens with two attached hydrogens (primary N) is 1. The molecular formula is C15H14ClNO2. The maximum atomic E-state index is 11.7. The Kier molecular flexibility index (Phi) is 4.42. The number of benzene rings is 2. The number of para-hydroxylation sites is 1. The Hall–Kier alpha value is -2.00. The summed E-state index contributed by atoms with van der Waals surface area (Å²) in [6.07, 6.45) is 0.164. The van der Waals surface area contributed by atoms with E-state index in [4.69, 9.17) is 22.1 Å². The van der Waals surface area contributed by atoms with Crippen LogP contribution in [0, 0.1) is 0 Å². The predicted molar refractivity (Wildman–Crippen MR) is 75.8 cm³/mol. The molecule has 2 aromatic carbocycles. The van der Waals surface area contributed by atoms with Crippen LogP contribution >= 0.6 is 11.6 Å². The van der Waals surface area contributed by atoms with Gasteiger partial charge in [-0.2, -0.15) is 0 Å². The third-order valence-corrected chi connectivity index (χ3v) is 3.11. The van der Waals surface area contributed by atoms with Gasteiger partial charge < -0.3 is 10.5 Å². The van der Waals surface area contributed by atoms with Gasteiger partial charge in [0.1, 0.15) is 6.61 Å². The van der Waals surface area contributed by atoms with Crippen LogP contribution in [-0.2, 0) is 22.6 Å². The van der Waals surface area contributed by atoms with E-state index >= 15 is 0 Å². The molecule has 2 aromatic rings. The Morgan fingerprint density at radius 2 is 1.68 bits per heavy atom. The molecule has 0 heterocycles. The van der Waals surface area contributed by atoms with Crippen LogP contribution in [-0.4, -0.2) is 5.97 Å². The molecule has 0 radical (unpaired) electrons. The van der Waals surface area contributed by atoms with E-state index in [2.05, 4.69) is 0 Å². The molecule has 19 heavy (non-hydrogen) atoms. The van der Waals surface area contributed by atoms with E-state index in [9.17, 15) is 4.79 Å². The zero-order valence-electron chi connectivity index (χ0n) is 10.3. The summed E-state index contributed by atoms with van der Waals surface area (Å²) < 4.78 is 5.19. The van der Waals surface area contributed by atoms with Crippen LogP contribution in [0.5, 0.6) is 0 Å². The van der Waals surface area contributed by atoms with Gasteiger partial charge in [-0.25, -0.2) is 0 Å². The third-order valence-electron chi connectivity index (χ3n) is 2.74. The number of carbonyl (C=O) groups is 1. The summed E-state index contributed by atoms with van der Waals surface area (Å²) in [5.74, 6) is -0.321. The summed E-state index contributed by atoms with van der Waals surface area (Å²) in [7, 11) is 0. The minimum absolute atomic E-state index is 0.164. The number of ether oxygens (including phenoxy) is 1. The summed E-state index contributed by atoms with van der Waals surface area (Å²) >= 11 is 5.98. The number of carbonyl (C=O) groups excluding carboxylic acids is 1. The minimum Gasteiger partial charge on any atom is -0.460 e. The SMILES string of the molecule is Nc1ccccc1CC(=O)OCc1ccccc1Cl. The Morgan fingerprint density at radius 3 is 2.37 bits per heavy atom. The van der Waals surface area contributed by atoms with E-state index in [0.717, 1.165) is 11.1 Å². The number of rotatable bonds is 4. The van der Waals surface area contributed by atoms with Crippen molar-refractivity contribution >= 4 is 23.3 Å². The number of nitrogen functional groups attached to an aromatic ring is 1.